The smallest absolute Gasteiger partial charge is 0.253 e. The number of amides is 1. The maximum atomic E-state index is 11.9. The maximum absolute atomic E-state index is 11.9. The molecule has 0 radical (unpaired) electrons. The van der Waals surface area contributed by atoms with Crippen molar-refractivity contribution < 1.29 is 4.79 Å². The van der Waals surface area contributed by atoms with Gasteiger partial charge in [0, 0.05) is 24.6 Å². The van der Waals surface area contributed by atoms with Gasteiger partial charge in [-0.1, -0.05) is 6.07 Å². The van der Waals surface area contributed by atoms with Crippen molar-refractivity contribution in [2.75, 3.05) is 18.1 Å². The van der Waals surface area contributed by atoms with E-state index in [1.807, 2.05) is 25.1 Å². The average molecular weight is 270 g/mol. The lowest BCUT2D eigenvalue weighted by atomic mass is 10.1. The quantitative estimate of drug-likeness (QED) is 0.744. The number of nitrogens with one attached hydrogen (secondary N) is 2. The highest BCUT2D eigenvalue weighted by atomic mass is 16.1. The standard InChI is InChI=1S/C15H18N4O/c1-10(13-5-3-4-8-18-13)19-14-9-11(16)6-7-12(14)15(20)17-2/h3-10,19H,16H2,1-2H3,(H,17,20). The molecule has 1 amide bonds. The Hall–Kier alpha value is -2.56. The number of hydrogen-bond donors (Lipinski definition) is 3. The molecule has 0 aliphatic heterocycles. The first-order valence-electron chi connectivity index (χ1n) is 6.41. The number of benzene rings is 1. The van der Waals surface area contributed by atoms with Crippen molar-refractivity contribution in [3.05, 3.63) is 53.9 Å². The highest BCUT2D eigenvalue weighted by molar-refractivity contribution is 6.00. The first-order valence-corrected chi connectivity index (χ1v) is 6.41. The fourth-order valence-electron chi connectivity index (χ4n) is 1.95. The van der Waals surface area contributed by atoms with Crippen molar-refractivity contribution in [2.24, 2.45) is 0 Å². The van der Waals surface area contributed by atoms with E-state index in [4.69, 9.17) is 5.73 Å². The molecule has 0 saturated carbocycles. The molecule has 2 rings (SSSR count). The van der Waals surface area contributed by atoms with Crippen LogP contribution in [-0.4, -0.2) is 17.9 Å². The zero-order chi connectivity index (χ0) is 14.5. The van der Waals surface area contributed by atoms with Gasteiger partial charge in [-0.05, 0) is 37.3 Å². The summed E-state index contributed by atoms with van der Waals surface area (Å²) in [6.07, 6.45) is 1.74. The zero-order valence-electron chi connectivity index (χ0n) is 11.6. The Morgan fingerprint density at radius 2 is 2.10 bits per heavy atom. The summed E-state index contributed by atoms with van der Waals surface area (Å²) >= 11 is 0. The van der Waals surface area contributed by atoms with Crippen molar-refractivity contribution in [1.29, 1.82) is 0 Å². The van der Waals surface area contributed by atoms with E-state index < -0.39 is 0 Å². The summed E-state index contributed by atoms with van der Waals surface area (Å²) in [4.78, 5) is 16.2. The second-order valence-corrected chi connectivity index (χ2v) is 4.50. The summed E-state index contributed by atoms with van der Waals surface area (Å²) in [6.45, 7) is 1.99. The third-order valence-electron chi connectivity index (χ3n) is 3.02. The number of nitrogens with two attached hydrogens (primary N) is 1. The first-order chi connectivity index (χ1) is 9.61. The van der Waals surface area contributed by atoms with E-state index in [1.54, 1.807) is 31.4 Å². The summed E-state index contributed by atoms with van der Waals surface area (Å²) in [5, 5.41) is 5.90. The predicted molar refractivity (Wildman–Crippen MR) is 80.5 cm³/mol. The lowest BCUT2D eigenvalue weighted by molar-refractivity contribution is 0.0964. The molecular formula is C15H18N4O. The Bertz CT molecular complexity index is 598. The molecule has 104 valence electrons. The van der Waals surface area contributed by atoms with Gasteiger partial charge in [-0.3, -0.25) is 9.78 Å². The van der Waals surface area contributed by atoms with Gasteiger partial charge in [0.2, 0.25) is 0 Å². The molecule has 0 spiro atoms. The Labute approximate surface area is 118 Å². The number of pyridine rings is 1. The van der Waals surface area contributed by atoms with Gasteiger partial charge in [0.15, 0.2) is 0 Å². The molecule has 0 bridgehead atoms. The molecule has 4 N–H and O–H groups in total. The third kappa shape index (κ3) is 3.06. The first kappa shape index (κ1) is 13.9. The van der Waals surface area contributed by atoms with Gasteiger partial charge >= 0.3 is 0 Å². The maximum Gasteiger partial charge on any atom is 0.253 e. The van der Waals surface area contributed by atoms with Crippen LogP contribution in [0.3, 0.4) is 0 Å². The van der Waals surface area contributed by atoms with Crippen molar-refractivity contribution in [1.82, 2.24) is 10.3 Å². The second kappa shape index (κ2) is 6.06. The Morgan fingerprint density at radius 3 is 2.75 bits per heavy atom. The lowest BCUT2D eigenvalue weighted by Gasteiger charge is -2.17. The molecule has 20 heavy (non-hydrogen) atoms. The summed E-state index contributed by atoms with van der Waals surface area (Å²) in [5.41, 5.74) is 8.56. The fraction of sp³-hybridized carbons (Fsp3) is 0.200. The van der Waals surface area contributed by atoms with Gasteiger partial charge in [-0.2, -0.15) is 0 Å². The molecule has 5 heteroatoms. The van der Waals surface area contributed by atoms with Crippen LogP contribution in [0.25, 0.3) is 0 Å². The van der Waals surface area contributed by atoms with Crippen molar-refractivity contribution in [2.45, 2.75) is 13.0 Å². The Balaban J connectivity index is 2.28. The molecule has 0 saturated heterocycles. The Morgan fingerprint density at radius 1 is 1.30 bits per heavy atom. The van der Waals surface area contributed by atoms with E-state index >= 15 is 0 Å². The number of nitrogen functional groups attached to an aromatic ring is 1. The highest BCUT2D eigenvalue weighted by Gasteiger charge is 2.13. The minimum atomic E-state index is -0.152. The zero-order valence-corrected chi connectivity index (χ0v) is 11.6. The molecule has 1 heterocycles. The van der Waals surface area contributed by atoms with Gasteiger partial charge in [0.1, 0.15) is 0 Å². The monoisotopic (exact) mass is 270 g/mol. The topological polar surface area (TPSA) is 80.0 Å². The number of aromatic nitrogens is 1. The third-order valence-corrected chi connectivity index (χ3v) is 3.02. The summed E-state index contributed by atoms with van der Waals surface area (Å²) in [5.74, 6) is -0.152. The van der Waals surface area contributed by atoms with Crippen LogP contribution in [0.5, 0.6) is 0 Å². The summed E-state index contributed by atoms with van der Waals surface area (Å²) in [6, 6.07) is 10.9. The fourth-order valence-corrected chi connectivity index (χ4v) is 1.95. The number of carbonyl (C=O) groups excluding carboxylic acids is 1. The van der Waals surface area contributed by atoms with Gasteiger partial charge in [0.05, 0.1) is 17.3 Å². The normalized spacial score (nSPS) is 11.7. The van der Waals surface area contributed by atoms with Crippen LogP contribution in [0, 0.1) is 0 Å². The number of anilines is 2. The molecule has 0 aliphatic rings. The molecule has 1 unspecified atom stereocenters. The summed E-state index contributed by atoms with van der Waals surface area (Å²) < 4.78 is 0. The van der Waals surface area contributed by atoms with Crippen LogP contribution >= 0.6 is 0 Å². The molecular weight excluding hydrogens is 252 g/mol. The molecule has 1 aromatic heterocycles. The number of carbonyl (C=O) groups is 1. The van der Waals surface area contributed by atoms with Gasteiger partial charge in [-0.25, -0.2) is 0 Å². The van der Waals surface area contributed by atoms with E-state index in [2.05, 4.69) is 15.6 Å². The van der Waals surface area contributed by atoms with E-state index in [0.717, 1.165) is 5.69 Å². The van der Waals surface area contributed by atoms with E-state index in [1.165, 1.54) is 0 Å². The number of rotatable bonds is 4. The van der Waals surface area contributed by atoms with Crippen LogP contribution in [-0.2, 0) is 0 Å². The minimum Gasteiger partial charge on any atom is -0.399 e. The van der Waals surface area contributed by atoms with Crippen LogP contribution < -0.4 is 16.4 Å². The number of hydrogen-bond acceptors (Lipinski definition) is 4. The minimum absolute atomic E-state index is 0.0265. The van der Waals surface area contributed by atoms with Gasteiger partial charge in [0.25, 0.3) is 5.91 Å². The SMILES string of the molecule is CNC(=O)c1ccc(N)cc1NC(C)c1ccccn1. The van der Waals surface area contributed by atoms with E-state index in [-0.39, 0.29) is 11.9 Å². The molecule has 0 aliphatic carbocycles. The van der Waals surface area contributed by atoms with Gasteiger partial charge in [-0.15, -0.1) is 0 Å². The highest BCUT2D eigenvalue weighted by Crippen LogP contribution is 2.24. The second-order valence-electron chi connectivity index (χ2n) is 4.50. The van der Waals surface area contributed by atoms with E-state index in [9.17, 15) is 4.79 Å². The van der Waals surface area contributed by atoms with Crippen molar-refractivity contribution in [3.63, 3.8) is 0 Å². The molecule has 5 nitrogen and oxygen atoms in total. The van der Waals surface area contributed by atoms with Crippen molar-refractivity contribution in [3.8, 4) is 0 Å². The van der Waals surface area contributed by atoms with Gasteiger partial charge < -0.3 is 16.4 Å². The van der Waals surface area contributed by atoms with Crippen molar-refractivity contribution >= 4 is 17.3 Å². The largest absolute Gasteiger partial charge is 0.399 e. The number of nitrogens with zero attached hydrogens (tertiary/aromatic N) is 1. The van der Waals surface area contributed by atoms with Crippen LogP contribution in [0.4, 0.5) is 11.4 Å². The molecule has 1 aromatic carbocycles. The lowest BCUT2D eigenvalue weighted by Crippen LogP contribution is -2.20. The van der Waals surface area contributed by atoms with Crippen LogP contribution in [0.15, 0.2) is 42.6 Å². The molecule has 2 aromatic rings. The van der Waals surface area contributed by atoms with Crippen LogP contribution in [0.1, 0.15) is 29.0 Å². The molecule has 1 atom stereocenters. The molecule has 0 fully saturated rings. The summed E-state index contributed by atoms with van der Waals surface area (Å²) in [7, 11) is 1.60. The van der Waals surface area contributed by atoms with Crippen LogP contribution in [0.2, 0.25) is 0 Å². The average Bonchev–Trinajstić information content (AvgIpc) is 2.47. The predicted octanol–water partition coefficient (Wildman–Crippen LogP) is 2.20. The van der Waals surface area contributed by atoms with E-state index in [0.29, 0.717) is 16.9 Å². The Kier molecular flexibility index (Phi) is 4.20.